The Hall–Kier alpha value is -0.730. The SMILES string of the molecule is CC1CCCN1c1cccc(Cl)c1CN. The van der Waals surface area contributed by atoms with Crippen LogP contribution in [0.25, 0.3) is 0 Å². The van der Waals surface area contributed by atoms with Gasteiger partial charge in [0.2, 0.25) is 0 Å². The van der Waals surface area contributed by atoms with Crippen LogP contribution in [0.15, 0.2) is 18.2 Å². The van der Waals surface area contributed by atoms with Crippen molar-refractivity contribution in [2.24, 2.45) is 5.73 Å². The van der Waals surface area contributed by atoms with E-state index in [1.54, 1.807) is 0 Å². The number of hydrogen-bond donors (Lipinski definition) is 1. The van der Waals surface area contributed by atoms with Crippen LogP contribution in [0.4, 0.5) is 5.69 Å². The highest BCUT2D eigenvalue weighted by molar-refractivity contribution is 6.31. The lowest BCUT2D eigenvalue weighted by Crippen LogP contribution is -2.27. The van der Waals surface area contributed by atoms with Crippen molar-refractivity contribution in [2.45, 2.75) is 32.4 Å². The zero-order chi connectivity index (χ0) is 10.8. The van der Waals surface area contributed by atoms with Gasteiger partial charge in [0.1, 0.15) is 0 Å². The average molecular weight is 225 g/mol. The second-order valence-electron chi connectivity index (χ2n) is 4.13. The molecule has 0 aromatic heterocycles. The third-order valence-corrected chi connectivity index (χ3v) is 3.51. The van der Waals surface area contributed by atoms with E-state index in [1.165, 1.54) is 18.5 Å². The number of rotatable bonds is 2. The lowest BCUT2D eigenvalue weighted by molar-refractivity contribution is 0.731. The summed E-state index contributed by atoms with van der Waals surface area (Å²) in [6.45, 7) is 3.89. The van der Waals surface area contributed by atoms with Gasteiger partial charge in [0.05, 0.1) is 0 Å². The van der Waals surface area contributed by atoms with Crippen LogP contribution < -0.4 is 10.6 Å². The van der Waals surface area contributed by atoms with Gasteiger partial charge in [0.15, 0.2) is 0 Å². The Kier molecular flexibility index (Phi) is 3.17. The van der Waals surface area contributed by atoms with Gasteiger partial charge in [-0.3, -0.25) is 0 Å². The highest BCUT2D eigenvalue weighted by Crippen LogP contribution is 2.32. The van der Waals surface area contributed by atoms with Crippen LogP contribution >= 0.6 is 11.6 Å². The van der Waals surface area contributed by atoms with Crippen LogP contribution in [0.3, 0.4) is 0 Å². The fourth-order valence-electron chi connectivity index (χ4n) is 2.31. The van der Waals surface area contributed by atoms with E-state index >= 15 is 0 Å². The highest BCUT2D eigenvalue weighted by atomic mass is 35.5. The smallest absolute Gasteiger partial charge is 0.0471 e. The maximum Gasteiger partial charge on any atom is 0.0471 e. The van der Waals surface area contributed by atoms with E-state index < -0.39 is 0 Å². The molecule has 2 nitrogen and oxygen atoms in total. The first-order valence-electron chi connectivity index (χ1n) is 5.48. The second kappa shape index (κ2) is 4.42. The number of nitrogens with two attached hydrogens (primary N) is 1. The molecule has 1 aliphatic heterocycles. The number of halogens is 1. The number of benzene rings is 1. The molecule has 2 N–H and O–H groups in total. The molecule has 1 atom stereocenters. The quantitative estimate of drug-likeness (QED) is 0.837. The number of hydrogen-bond acceptors (Lipinski definition) is 2. The molecule has 0 aliphatic carbocycles. The molecule has 0 bridgehead atoms. The molecule has 0 saturated carbocycles. The molecule has 1 unspecified atom stereocenters. The van der Waals surface area contributed by atoms with Crippen molar-refractivity contribution in [3.8, 4) is 0 Å². The zero-order valence-electron chi connectivity index (χ0n) is 9.04. The molecule has 15 heavy (non-hydrogen) atoms. The first-order valence-corrected chi connectivity index (χ1v) is 5.86. The van der Waals surface area contributed by atoms with Gasteiger partial charge in [-0.1, -0.05) is 17.7 Å². The van der Waals surface area contributed by atoms with Crippen molar-refractivity contribution in [2.75, 3.05) is 11.4 Å². The molecule has 1 aliphatic rings. The number of anilines is 1. The van der Waals surface area contributed by atoms with Gasteiger partial charge in [-0.25, -0.2) is 0 Å². The summed E-state index contributed by atoms with van der Waals surface area (Å²) >= 11 is 6.15. The molecule has 0 spiro atoms. The van der Waals surface area contributed by atoms with Gasteiger partial charge < -0.3 is 10.6 Å². The van der Waals surface area contributed by atoms with E-state index in [4.69, 9.17) is 17.3 Å². The van der Waals surface area contributed by atoms with Gasteiger partial charge in [-0.2, -0.15) is 0 Å². The summed E-state index contributed by atoms with van der Waals surface area (Å²) in [5, 5.41) is 0.786. The van der Waals surface area contributed by atoms with Crippen LogP contribution in [-0.4, -0.2) is 12.6 Å². The molecule has 3 heteroatoms. The van der Waals surface area contributed by atoms with Crippen LogP contribution in [0.2, 0.25) is 5.02 Å². The first-order chi connectivity index (χ1) is 7.24. The second-order valence-corrected chi connectivity index (χ2v) is 4.53. The first kappa shape index (κ1) is 10.8. The van der Waals surface area contributed by atoms with Crippen molar-refractivity contribution in [1.82, 2.24) is 0 Å². The molecule has 1 fully saturated rings. The normalized spacial score (nSPS) is 21.0. The van der Waals surface area contributed by atoms with Crippen LogP contribution in [0, 0.1) is 0 Å². The average Bonchev–Trinajstić information content (AvgIpc) is 2.64. The molecule has 0 amide bonds. The topological polar surface area (TPSA) is 29.3 Å². The summed E-state index contributed by atoms with van der Waals surface area (Å²) in [6, 6.07) is 6.64. The third kappa shape index (κ3) is 1.97. The Balaban J connectivity index is 2.38. The summed E-state index contributed by atoms with van der Waals surface area (Å²) in [6.07, 6.45) is 2.52. The summed E-state index contributed by atoms with van der Waals surface area (Å²) in [7, 11) is 0. The number of nitrogens with zero attached hydrogens (tertiary/aromatic N) is 1. The molecule has 1 aromatic rings. The lowest BCUT2D eigenvalue weighted by Gasteiger charge is -2.26. The maximum atomic E-state index is 6.15. The Morgan fingerprint density at radius 3 is 2.93 bits per heavy atom. The maximum absolute atomic E-state index is 6.15. The largest absolute Gasteiger partial charge is 0.369 e. The lowest BCUT2D eigenvalue weighted by atomic mass is 10.1. The predicted molar refractivity (Wildman–Crippen MR) is 65.4 cm³/mol. The van der Waals surface area contributed by atoms with E-state index in [9.17, 15) is 0 Å². The summed E-state index contributed by atoms with van der Waals surface area (Å²) < 4.78 is 0. The van der Waals surface area contributed by atoms with Crippen LogP contribution in [-0.2, 0) is 6.54 Å². The van der Waals surface area contributed by atoms with Crippen molar-refractivity contribution in [3.05, 3.63) is 28.8 Å². The minimum Gasteiger partial charge on any atom is -0.369 e. The minimum absolute atomic E-state index is 0.512. The molecule has 2 rings (SSSR count). The third-order valence-electron chi connectivity index (χ3n) is 3.16. The van der Waals surface area contributed by atoms with Gasteiger partial charge >= 0.3 is 0 Å². The molecular formula is C12H17ClN2. The van der Waals surface area contributed by atoms with Gasteiger partial charge in [-0.05, 0) is 31.9 Å². The molecule has 0 radical (unpaired) electrons. The van der Waals surface area contributed by atoms with E-state index in [1.807, 2.05) is 12.1 Å². The molecule has 1 heterocycles. The van der Waals surface area contributed by atoms with Crippen LogP contribution in [0.1, 0.15) is 25.3 Å². The van der Waals surface area contributed by atoms with Crippen molar-refractivity contribution in [3.63, 3.8) is 0 Å². The van der Waals surface area contributed by atoms with Crippen LogP contribution in [0.5, 0.6) is 0 Å². The molecule has 1 aromatic carbocycles. The monoisotopic (exact) mass is 224 g/mol. The van der Waals surface area contributed by atoms with Gasteiger partial charge in [0, 0.05) is 35.4 Å². The predicted octanol–water partition coefficient (Wildman–Crippen LogP) is 2.79. The van der Waals surface area contributed by atoms with E-state index in [0.29, 0.717) is 12.6 Å². The fourth-order valence-corrected chi connectivity index (χ4v) is 2.56. The molecule has 82 valence electrons. The Morgan fingerprint density at radius 2 is 2.33 bits per heavy atom. The van der Waals surface area contributed by atoms with E-state index in [-0.39, 0.29) is 0 Å². The minimum atomic E-state index is 0.512. The Morgan fingerprint density at radius 1 is 1.53 bits per heavy atom. The molecule has 1 saturated heterocycles. The van der Waals surface area contributed by atoms with E-state index in [0.717, 1.165) is 17.1 Å². The van der Waals surface area contributed by atoms with Gasteiger partial charge in [-0.15, -0.1) is 0 Å². The standard InChI is InChI=1S/C12H17ClN2/c1-9-4-3-7-15(9)12-6-2-5-11(13)10(12)8-14/h2,5-6,9H,3-4,7-8,14H2,1H3. The van der Waals surface area contributed by atoms with Crippen molar-refractivity contribution < 1.29 is 0 Å². The van der Waals surface area contributed by atoms with Gasteiger partial charge in [0.25, 0.3) is 0 Å². The zero-order valence-corrected chi connectivity index (χ0v) is 9.80. The fraction of sp³-hybridized carbons (Fsp3) is 0.500. The summed E-state index contributed by atoms with van der Waals surface area (Å²) in [5.41, 5.74) is 8.05. The van der Waals surface area contributed by atoms with E-state index in [2.05, 4.69) is 17.9 Å². The summed E-state index contributed by atoms with van der Waals surface area (Å²) in [4.78, 5) is 2.41. The Labute approximate surface area is 96.0 Å². The highest BCUT2D eigenvalue weighted by Gasteiger charge is 2.22. The van der Waals surface area contributed by atoms with Crippen molar-refractivity contribution in [1.29, 1.82) is 0 Å². The summed E-state index contributed by atoms with van der Waals surface area (Å²) in [5.74, 6) is 0. The van der Waals surface area contributed by atoms with Crippen molar-refractivity contribution >= 4 is 17.3 Å². The molecular weight excluding hydrogens is 208 g/mol. The Bertz CT molecular complexity index is 351.